The predicted molar refractivity (Wildman–Crippen MR) is 104 cm³/mol. The van der Waals surface area contributed by atoms with Crippen LogP contribution in [-0.4, -0.2) is 30.6 Å². The summed E-state index contributed by atoms with van der Waals surface area (Å²) in [6.45, 7) is 3.66. The quantitative estimate of drug-likeness (QED) is 0.239. The van der Waals surface area contributed by atoms with Gasteiger partial charge in [0.05, 0.1) is 7.11 Å². The Morgan fingerprint density at radius 1 is 1.21 bits per heavy atom. The maximum absolute atomic E-state index is 13.6. The van der Waals surface area contributed by atoms with Gasteiger partial charge in [0, 0.05) is 31.6 Å². The molecule has 0 heterocycles. The third kappa shape index (κ3) is 7.80. The van der Waals surface area contributed by atoms with Crippen LogP contribution >= 0.6 is 0 Å². The monoisotopic (exact) mass is 400 g/mol. The van der Waals surface area contributed by atoms with Crippen LogP contribution in [0.4, 0.5) is 8.78 Å². The van der Waals surface area contributed by atoms with Gasteiger partial charge in [0.15, 0.2) is 0 Å². The lowest BCUT2D eigenvalue weighted by atomic mass is 9.83. The molecule has 0 aromatic carbocycles. The number of methoxy groups -OCH3 is 1. The van der Waals surface area contributed by atoms with Crippen molar-refractivity contribution in [3.05, 3.63) is 12.2 Å². The molecule has 3 atom stereocenters. The van der Waals surface area contributed by atoms with Gasteiger partial charge in [-0.2, -0.15) is 8.78 Å². The molecular formula is C22H34F2O4. The van der Waals surface area contributed by atoms with Crippen molar-refractivity contribution < 1.29 is 27.9 Å². The molecule has 1 saturated carbocycles. The van der Waals surface area contributed by atoms with Gasteiger partial charge in [0.2, 0.25) is 5.78 Å². The number of halogens is 2. The molecule has 0 aromatic rings. The van der Waals surface area contributed by atoms with E-state index in [0.717, 1.165) is 6.42 Å². The van der Waals surface area contributed by atoms with E-state index in [0.29, 0.717) is 38.5 Å². The molecule has 0 bridgehead atoms. The zero-order valence-electron chi connectivity index (χ0n) is 17.3. The summed E-state index contributed by atoms with van der Waals surface area (Å²) in [4.78, 5) is 35.1. The molecule has 0 spiro atoms. The standard InChI is InChI=1S/C22H34F2O4/c1-4-14-22(23,24)20(26)12-9-11-17-16(2)15-19(25)18(17)10-7-5-6-8-13-21(27)28-3/h5,7,16-18H,4,6,8-15H2,1-3H3/b7-5-/t16-,17+,18-/m1/s1. The number of esters is 1. The number of ketones is 2. The van der Waals surface area contributed by atoms with Crippen molar-refractivity contribution in [2.45, 2.75) is 84.0 Å². The van der Waals surface area contributed by atoms with Gasteiger partial charge >= 0.3 is 11.9 Å². The molecule has 0 saturated heterocycles. The van der Waals surface area contributed by atoms with Gasteiger partial charge in [0.25, 0.3) is 0 Å². The van der Waals surface area contributed by atoms with Gasteiger partial charge < -0.3 is 4.74 Å². The Kier molecular flexibility index (Phi) is 10.5. The smallest absolute Gasteiger partial charge is 0.305 e. The summed E-state index contributed by atoms with van der Waals surface area (Å²) in [6.07, 6.45) is 7.72. The van der Waals surface area contributed by atoms with E-state index in [1.807, 2.05) is 19.1 Å². The maximum Gasteiger partial charge on any atom is 0.305 e. The van der Waals surface area contributed by atoms with Crippen LogP contribution < -0.4 is 0 Å². The summed E-state index contributed by atoms with van der Waals surface area (Å²) in [6, 6.07) is 0. The van der Waals surface area contributed by atoms with Gasteiger partial charge in [-0.1, -0.05) is 26.0 Å². The van der Waals surface area contributed by atoms with Crippen LogP contribution in [0.15, 0.2) is 12.2 Å². The molecule has 28 heavy (non-hydrogen) atoms. The van der Waals surface area contributed by atoms with E-state index in [1.54, 1.807) is 6.92 Å². The van der Waals surface area contributed by atoms with Crippen molar-refractivity contribution in [1.29, 1.82) is 0 Å². The van der Waals surface area contributed by atoms with Gasteiger partial charge in [0.1, 0.15) is 5.78 Å². The highest BCUT2D eigenvalue weighted by atomic mass is 19.3. The number of unbranched alkanes of at least 4 members (excludes halogenated alkanes) is 1. The predicted octanol–water partition coefficient (Wildman–Crippen LogP) is 5.29. The first-order valence-electron chi connectivity index (χ1n) is 10.4. The summed E-state index contributed by atoms with van der Waals surface area (Å²) in [5.74, 6) is -3.95. The second kappa shape index (κ2) is 12.1. The molecule has 6 heteroatoms. The van der Waals surface area contributed by atoms with Crippen LogP contribution in [0.1, 0.15) is 78.1 Å². The van der Waals surface area contributed by atoms with E-state index in [1.165, 1.54) is 7.11 Å². The Balaban J connectivity index is 2.45. The zero-order valence-corrected chi connectivity index (χ0v) is 17.3. The SMILES string of the molecule is CCCC(F)(F)C(=O)CCC[C@H]1[C@H](C)CC(=O)[C@@H]1C/C=C\CCCC(=O)OC. The number of ether oxygens (including phenoxy) is 1. The van der Waals surface area contributed by atoms with Crippen molar-refractivity contribution in [2.24, 2.45) is 17.8 Å². The lowest BCUT2D eigenvalue weighted by Crippen LogP contribution is -2.28. The Bertz CT molecular complexity index is 557. The summed E-state index contributed by atoms with van der Waals surface area (Å²) in [5, 5.41) is 0. The Morgan fingerprint density at radius 3 is 2.57 bits per heavy atom. The molecule has 0 amide bonds. The van der Waals surface area contributed by atoms with E-state index in [4.69, 9.17) is 0 Å². The highest BCUT2D eigenvalue weighted by molar-refractivity contribution is 5.85. The molecule has 0 radical (unpaired) electrons. The number of hydrogen-bond acceptors (Lipinski definition) is 4. The largest absolute Gasteiger partial charge is 0.469 e. The summed E-state index contributed by atoms with van der Waals surface area (Å²) in [7, 11) is 1.36. The molecule has 4 nitrogen and oxygen atoms in total. The fourth-order valence-electron chi connectivity index (χ4n) is 4.01. The van der Waals surface area contributed by atoms with Crippen molar-refractivity contribution >= 4 is 17.5 Å². The van der Waals surface area contributed by atoms with Crippen molar-refractivity contribution in [3.63, 3.8) is 0 Å². The van der Waals surface area contributed by atoms with Gasteiger partial charge in [-0.3, -0.25) is 14.4 Å². The Labute approximate surface area is 167 Å². The molecule has 0 aromatic heterocycles. The summed E-state index contributed by atoms with van der Waals surface area (Å²) >= 11 is 0. The van der Waals surface area contributed by atoms with Crippen molar-refractivity contribution in [2.75, 3.05) is 7.11 Å². The van der Waals surface area contributed by atoms with Crippen LogP contribution in [0.3, 0.4) is 0 Å². The molecule has 160 valence electrons. The van der Waals surface area contributed by atoms with E-state index in [-0.39, 0.29) is 42.3 Å². The fraction of sp³-hybridized carbons (Fsp3) is 0.773. The number of carbonyl (C=O) groups excluding carboxylic acids is 3. The first-order valence-corrected chi connectivity index (χ1v) is 10.4. The molecule has 1 rings (SSSR count). The van der Waals surface area contributed by atoms with Crippen LogP contribution in [0, 0.1) is 17.8 Å². The number of hydrogen-bond donors (Lipinski definition) is 0. The first kappa shape index (κ1) is 24.4. The Morgan fingerprint density at radius 2 is 1.93 bits per heavy atom. The van der Waals surface area contributed by atoms with E-state index in [2.05, 4.69) is 4.74 Å². The average molecular weight is 401 g/mol. The topological polar surface area (TPSA) is 60.4 Å². The van der Waals surface area contributed by atoms with Gasteiger partial charge in [-0.15, -0.1) is 0 Å². The van der Waals surface area contributed by atoms with Crippen LogP contribution in [0.5, 0.6) is 0 Å². The maximum atomic E-state index is 13.6. The minimum atomic E-state index is -3.22. The van der Waals surface area contributed by atoms with Gasteiger partial charge in [-0.25, -0.2) is 0 Å². The zero-order chi connectivity index (χ0) is 21.2. The molecule has 1 fully saturated rings. The van der Waals surface area contributed by atoms with Crippen molar-refractivity contribution in [3.8, 4) is 0 Å². The number of allylic oxidation sites excluding steroid dienone is 2. The van der Waals surface area contributed by atoms with Crippen LogP contribution in [-0.2, 0) is 19.1 Å². The summed E-state index contributed by atoms with van der Waals surface area (Å²) < 4.78 is 31.9. The first-order chi connectivity index (χ1) is 13.2. The normalized spacial score (nSPS) is 22.8. The number of alkyl halides is 2. The average Bonchev–Trinajstić information content (AvgIpc) is 2.90. The van der Waals surface area contributed by atoms with E-state index < -0.39 is 18.1 Å². The minimum absolute atomic E-state index is 0.0990. The molecule has 0 unspecified atom stereocenters. The molecule has 1 aliphatic rings. The van der Waals surface area contributed by atoms with Crippen molar-refractivity contribution in [1.82, 2.24) is 0 Å². The number of carbonyl (C=O) groups is 3. The number of rotatable bonds is 13. The lowest BCUT2D eigenvalue weighted by molar-refractivity contribution is -0.144. The molecule has 0 aliphatic heterocycles. The molecular weight excluding hydrogens is 366 g/mol. The van der Waals surface area contributed by atoms with Crippen LogP contribution in [0.2, 0.25) is 0 Å². The molecule has 1 aliphatic carbocycles. The van der Waals surface area contributed by atoms with Crippen LogP contribution in [0.25, 0.3) is 0 Å². The third-order valence-corrected chi connectivity index (χ3v) is 5.63. The van der Waals surface area contributed by atoms with E-state index >= 15 is 0 Å². The van der Waals surface area contributed by atoms with E-state index in [9.17, 15) is 23.2 Å². The van der Waals surface area contributed by atoms with Gasteiger partial charge in [-0.05, 0) is 50.4 Å². The number of Topliss-reactive ketones (excluding diaryl/α,β-unsaturated/α-hetero) is 2. The summed E-state index contributed by atoms with van der Waals surface area (Å²) in [5.41, 5.74) is 0. The molecule has 0 N–H and O–H groups in total. The second-order valence-corrected chi connectivity index (χ2v) is 7.86. The minimum Gasteiger partial charge on any atom is -0.469 e. The lowest BCUT2D eigenvalue weighted by Gasteiger charge is -2.21. The second-order valence-electron chi connectivity index (χ2n) is 7.86. The Hall–Kier alpha value is -1.59. The highest BCUT2D eigenvalue weighted by Crippen LogP contribution is 2.40. The highest BCUT2D eigenvalue weighted by Gasteiger charge is 2.40. The fourth-order valence-corrected chi connectivity index (χ4v) is 4.01. The third-order valence-electron chi connectivity index (χ3n) is 5.63.